The lowest BCUT2D eigenvalue weighted by Crippen LogP contribution is -2.15. The molecule has 1 aliphatic carbocycles. The largest absolute Gasteiger partial charge is 0.772 e. The van der Waals surface area contributed by atoms with Crippen molar-refractivity contribution < 1.29 is 13.6 Å². The van der Waals surface area contributed by atoms with Crippen molar-refractivity contribution >= 4 is 39.4 Å². The molecule has 2 aromatic heterocycles. The quantitative estimate of drug-likeness (QED) is 0.382. The van der Waals surface area contributed by atoms with Gasteiger partial charge in [-0.05, 0) is 47.3 Å². The highest BCUT2D eigenvalue weighted by molar-refractivity contribution is 7.79. The Kier molecular flexibility index (Phi) is 4.50. The van der Waals surface area contributed by atoms with Crippen LogP contribution in [0.5, 0.6) is 0 Å². The fourth-order valence-corrected chi connectivity index (χ4v) is 4.88. The number of hydrogen-bond donors (Lipinski definition) is 0. The van der Waals surface area contributed by atoms with E-state index >= 15 is 0 Å². The number of aromatic nitrogens is 2. The molecule has 0 saturated carbocycles. The fourth-order valence-electron chi connectivity index (χ4n) is 3.99. The lowest BCUT2D eigenvalue weighted by molar-refractivity contribution is 0.104. The number of halogens is 1. The Labute approximate surface area is 180 Å². The molecule has 0 saturated heterocycles. The average Bonchev–Trinajstić information content (AvgIpc) is 3.03. The van der Waals surface area contributed by atoms with Crippen molar-refractivity contribution in [3.05, 3.63) is 93.9 Å². The Hall–Kier alpha value is -2.93. The van der Waals surface area contributed by atoms with Crippen LogP contribution in [0.1, 0.15) is 38.0 Å². The Morgan fingerprint density at radius 3 is 2.53 bits per heavy atom. The number of aryl methyl sites for hydroxylation is 1. The maximum atomic E-state index is 13.3. The predicted molar refractivity (Wildman–Crippen MR) is 115 cm³/mol. The van der Waals surface area contributed by atoms with Crippen molar-refractivity contribution in [1.29, 1.82) is 0 Å². The first-order chi connectivity index (χ1) is 14.5. The molecule has 0 N–H and O–H groups in total. The summed E-state index contributed by atoms with van der Waals surface area (Å²) in [4.78, 5) is 22.0. The van der Waals surface area contributed by atoms with Gasteiger partial charge >= 0.3 is 0 Å². The highest BCUT2D eigenvalue weighted by atomic mass is 35.5. The van der Waals surface area contributed by atoms with Crippen LogP contribution in [0.3, 0.4) is 0 Å². The number of rotatable bonds is 3. The van der Waals surface area contributed by atoms with E-state index in [1.165, 1.54) is 6.20 Å². The molecule has 5 rings (SSSR count). The molecule has 2 unspecified atom stereocenters. The van der Waals surface area contributed by atoms with Gasteiger partial charge in [0.25, 0.3) is 0 Å². The first-order valence-corrected chi connectivity index (χ1v) is 10.7. The monoisotopic (exact) mass is 433 g/mol. The van der Waals surface area contributed by atoms with E-state index in [0.717, 1.165) is 16.5 Å². The van der Waals surface area contributed by atoms with Gasteiger partial charge in [-0.3, -0.25) is 19.0 Å². The maximum absolute atomic E-state index is 13.3. The molecule has 0 amide bonds. The number of nitrogens with zero attached hydrogens (tertiary/aromatic N) is 2. The third kappa shape index (κ3) is 2.88. The molecular weight excluding hydrogens is 420 g/mol. The molecule has 5 nitrogen and oxygen atoms in total. The van der Waals surface area contributed by atoms with Gasteiger partial charge in [-0.2, -0.15) is 0 Å². The summed E-state index contributed by atoms with van der Waals surface area (Å²) in [6.45, 7) is 1.92. The lowest BCUT2D eigenvalue weighted by Gasteiger charge is -2.23. The van der Waals surface area contributed by atoms with Crippen LogP contribution in [-0.2, 0) is 11.1 Å². The third-order valence-electron chi connectivity index (χ3n) is 5.36. The number of fused-ring (bicyclic) bond motifs is 5. The van der Waals surface area contributed by atoms with Crippen LogP contribution in [0.2, 0.25) is 5.02 Å². The van der Waals surface area contributed by atoms with E-state index in [1.54, 1.807) is 36.5 Å². The number of carbonyl (C=O) groups excluding carboxylic acids is 1. The Morgan fingerprint density at radius 2 is 1.80 bits per heavy atom. The Balaban J connectivity index is 1.89. The molecule has 1 aliphatic rings. The molecular formula is C23H14ClN2O3S-. The summed E-state index contributed by atoms with van der Waals surface area (Å²) in [5.74, 6) is -0.269. The first kappa shape index (κ1) is 19.1. The van der Waals surface area contributed by atoms with E-state index in [-0.39, 0.29) is 11.5 Å². The van der Waals surface area contributed by atoms with Crippen molar-refractivity contribution in [1.82, 2.24) is 9.97 Å². The van der Waals surface area contributed by atoms with Crippen molar-refractivity contribution in [3.63, 3.8) is 0 Å². The lowest BCUT2D eigenvalue weighted by atomic mass is 9.96. The minimum absolute atomic E-state index is 0.207. The minimum Gasteiger partial charge on any atom is -0.772 e. The summed E-state index contributed by atoms with van der Waals surface area (Å²) < 4.78 is 24.8. The molecule has 30 heavy (non-hydrogen) atoms. The second-order valence-electron chi connectivity index (χ2n) is 7.21. The number of hydrogen-bond acceptors (Lipinski definition) is 5. The minimum atomic E-state index is -2.55. The number of carbonyl (C=O) groups is 1. The maximum Gasteiger partial charge on any atom is 0.197 e. The van der Waals surface area contributed by atoms with Gasteiger partial charge in [-0.1, -0.05) is 47.5 Å². The number of ketones is 1. The highest BCUT2D eigenvalue weighted by Crippen LogP contribution is 2.45. The van der Waals surface area contributed by atoms with E-state index in [9.17, 15) is 13.6 Å². The molecule has 148 valence electrons. The van der Waals surface area contributed by atoms with Gasteiger partial charge < -0.3 is 4.55 Å². The second kappa shape index (κ2) is 7.09. The standard InChI is InChI=1S/C23H15ClN2O3S/c1-12-2-4-13(5-3-12)23(30(28)29)21-20-19(15-8-9-25-11-17(15)22(20)27)16-7-6-14(24)10-18(16)26-21/h2-11,23H,1H3,(H,28,29)/p-1. The van der Waals surface area contributed by atoms with Crippen LogP contribution in [0, 0.1) is 6.92 Å². The number of pyridine rings is 2. The number of benzene rings is 2. The topological polar surface area (TPSA) is 83.0 Å². The van der Waals surface area contributed by atoms with Crippen LogP contribution in [0.15, 0.2) is 60.9 Å². The average molecular weight is 434 g/mol. The van der Waals surface area contributed by atoms with Crippen LogP contribution in [-0.4, -0.2) is 24.5 Å². The van der Waals surface area contributed by atoms with Gasteiger partial charge in [0.2, 0.25) is 0 Å². The molecule has 7 heteroatoms. The molecule has 2 aromatic carbocycles. The molecule has 0 spiro atoms. The zero-order valence-electron chi connectivity index (χ0n) is 15.8. The van der Waals surface area contributed by atoms with E-state index in [0.29, 0.717) is 32.8 Å². The summed E-state index contributed by atoms with van der Waals surface area (Å²) in [6.07, 6.45) is 3.13. The zero-order chi connectivity index (χ0) is 21.0. The molecule has 0 bridgehead atoms. The SMILES string of the molecule is Cc1ccc(C(c2nc3cc(Cl)ccc3c3c2C(=O)c2cnccc2-3)S(=O)[O-])cc1. The smallest absolute Gasteiger partial charge is 0.197 e. The fraction of sp³-hybridized carbons (Fsp3) is 0.0870. The third-order valence-corrected chi connectivity index (χ3v) is 6.47. The van der Waals surface area contributed by atoms with Gasteiger partial charge in [0, 0.05) is 33.9 Å². The van der Waals surface area contributed by atoms with Crippen LogP contribution >= 0.6 is 11.6 Å². The Bertz CT molecular complexity index is 1370. The van der Waals surface area contributed by atoms with E-state index < -0.39 is 16.3 Å². The Morgan fingerprint density at radius 1 is 1.03 bits per heavy atom. The summed E-state index contributed by atoms with van der Waals surface area (Å²) in [5, 5.41) is 0.139. The highest BCUT2D eigenvalue weighted by Gasteiger charge is 2.35. The first-order valence-electron chi connectivity index (χ1n) is 9.22. The predicted octanol–water partition coefficient (Wildman–Crippen LogP) is 4.77. The van der Waals surface area contributed by atoms with Gasteiger partial charge in [0.1, 0.15) is 0 Å². The van der Waals surface area contributed by atoms with Crippen molar-refractivity contribution in [2.75, 3.05) is 0 Å². The van der Waals surface area contributed by atoms with Crippen molar-refractivity contribution in [3.8, 4) is 11.1 Å². The van der Waals surface area contributed by atoms with Gasteiger partial charge in [0.05, 0.1) is 22.0 Å². The van der Waals surface area contributed by atoms with Crippen molar-refractivity contribution in [2.24, 2.45) is 0 Å². The molecule has 0 radical (unpaired) electrons. The van der Waals surface area contributed by atoms with Gasteiger partial charge in [0.15, 0.2) is 5.78 Å². The molecule has 0 fully saturated rings. The molecule has 0 aliphatic heterocycles. The summed E-state index contributed by atoms with van der Waals surface area (Å²) >= 11 is 3.64. The van der Waals surface area contributed by atoms with Crippen molar-refractivity contribution in [2.45, 2.75) is 12.2 Å². The van der Waals surface area contributed by atoms with E-state index in [2.05, 4.69) is 9.97 Å². The molecule has 4 aromatic rings. The summed E-state index contributed by atoms with van der Waals surface area (Å²) in [6, 6.07) is 14.2. The van der Waals surface area contributed by atoms with Crippen LogP contribution < -0.4 is 0 Å². The zero-order valence-corrected chi connectivity index (χ0v) is 17.3. The second-order valence-corrected chi connectivity index (χ2v) is 8.64. The van der Waals surface area contributed by atoms with Gasteiger partial charge in [-0.25, -0.2) is 0 Å². The van der Waals surface area contributed by atoms with E-state index in [1.807, 2.05) is 25.1 Å². The molecule has 2 atom stereocenters. The van der Waals surface area contributed by atoms with E-state index in [4.69, 9.17) is 11.6 Å². The summed E-state index contributed by atoms with van der Waals surface area (Å²) in [7, 11) is 0. The molecule has 2 heterocycles. The van der Waals surface area contributed by atoms with Gasteiger partial charge in [-0.15, -0.1) is 0 Å². The van der Waals surface area contributed by atoms with Crippen LogP contribution in [0.4, 0.5) is 0 Å². The van der Waals surface area contributed by atoms with Crippen LogP contribution in [0.25, 0.3) is 22.0 Å². The summed E-state index contributed by atoms with van der Waals surface area (Å²) in [5.41, 5.74) is 4.45. The normalized spacial score (nSPS) is 14.4.